The maximum absolute atomic E-state index is 11.7. The molecular formula is C12H20N2O2. The molecule has 0 aromatic heterocycles. The van der Waals surface area contributed by atoms with Crippen LogP contribution in [0.1, 0.15) is 39.0 Å². The molecule has 2 amide bonds. The van der Waals surface area contributed by atoms with Gasteiger partial charge in [-0.15, -0.1) is 0 Å². The predicted molar refractivity (Wildman–Crippen MR) is 60.8 cm³/mol. The third-order valence-corrected chi connectivity index (χ3v) is 3.59. The first-order chi connectivity index (χ1) is 7.72. The largest absolute Gasteiger partial charge is 0.356 e. The van der Waals surface area contributed by atoms with Gasteiger partial charge in [-0.2, -0.15) is 0 Å². The Morgan fingerprint density at radius 1 is 1.50 bits per heavy atom. The summed E-state index contributed by atoms with van der Waals surface area (Å²) in [7, 11) is 0. The van der Waals surface area contributed by atoms with Gasteiger partial charge in [-0.25, -0.2) is 0 Å². The topological polar surface area (TPSA) is 49.4 Å². The molecular weight excluding hydrogens is 204 g/mol. The number of carbonyl (C=O) groups excluding carboxylic acids is 2. The summed E-state index contributed by atoms with van der Waals surface area (Å²) < 4.78 is 0. The molecule has 1 unspecified atom stereocenters. The number of amides is 2. The van der Waals surface area contributed by atoms with E-state index >= 15 is 0 Å². The standard InChI is InChI=1S/C12H20N2O2/c1-2-6-13-12(16)9-7-11(15)14(8-9)10-4-3-5-10/h9-10H,2-8H2,1H3,(H,13,16). The van der Waals surface area contributed by atoms with Crippen molar-refractivity contribution in [2.45, 2.75) is 45.1 Å². The molecule has 1 atom stereocenters. The zero-order valence-electron chi connectivity index (χ0n) is 9.87. The van der Waals surface area contributed by atoms with Crippen LogP contribution in [0.25, 0.3) is 0 Å². The first kappa shape index (κ1) is 11.4. The van der Waals surface area contributed by atoms with Crippen LogP contribution in [0.15, 0.2) is 0 Å². The Labute approximate surface area is 96.4 Å². The Hall–Kier alpha value is -1.06. The number of carbonyl (C=O) groups is 2. The van der Waals surface area contributed by atoms with E-state index in [1.807, 2.05) is 11.8 Å². The van der Waals surface area contributed by atoms with E-state index in [1.165, 1.54) is 6.42 Å². The van der Waals surface area contributed by atoms with Crippen molar-refractivity contribution in [3.05, 3.63) is 0 Å². The molecule has 16 heavy (non-hydrogen) atoms. The van der Waals surface area contributed by atoms with Gasteiger partial charge < -0.3 is 10.2 Å². The molecule has 4 nitrogen and oxygen atoms in total. The lowest BCUT2D eigenvalue weighted by Crippen LogP contribution is -2.42. The second kappa shape index (κ2) is 4.85. The van der Waals surface area contributed by atoms with Crippen LogP contribution in [0.2, 0.25) is 0 Å². The fourth-order valence-corrected chi connectivity index (χ4v) is 2.35. The van der Waals surface area contributed by atoms with E-state index in [-0.39, 0.29) is 17.7 Å². The van der Waals surface area contributed by atoms with Crippen molar-refractivity contribution < 1.29 is 9.59 Å². The molecule has 0 aromatic carbocycles. The average molecular weight is 224 g/mol. The van der Waals surface area contributed by atoms with Gasteiger partial charge in [0, 0.05) is 25.6 Å². The van der Waals surface area contributed by atoms with Crippen LogP contribution in [0.4, 0.5) is 0 Å². The molecule has 0 bridgehead atoms. The van der Waals surface area contributed by atoms with Crippen molar-refractivity contribution >= 4 is 11.8 Å². The normalized spacial score (nSPS) is 25.7. The molecule has 1 heterocycles. The second-order valence-corrected chi connectivity index (χ2v) is 4.82. The SMILES string of the molecule is CCCNC(=O)C1CC(=O)N(C2CCC2)C1. The van der Waals surface area contributed by atoms with Crippen molar-refractivity contribution in [3.8, 4) is 0 Å². The third-order valence-electron chi connectivity index (χ3n) is 3.59. The van der Waals surface area contributed by atoms with Crippen LogP contribution in [-0.4, -0.2) is 35.8 Å². The lowest BCUT2D eigenvalue weighted by atomic mass is 9.92. The minimum atomic E-state index is -0.111. The molecule has 2 rings (SSSR count). The van der Waals surface area contributed by atoms with E-state index in [1.54, 1.807) is 0 Å². The van der Waals surface area contributed by atoms with E-state index < -0.39 is 0 Å². The van der Waals surface area contributed by atoms with E-state index in [9.17, 15) is 9.59 Å². The summed E-state index contributed by atoms with van der Waals surface area (Å²) in [5.41, 5.74) is 0. The van der Waals surface area contributed by atoms with Gasteiger partial charge in [-0.3, -0.25) is 9.59 Å². The van der Waals surface area contributed by atoms with Crippen LogP contribution >= 0.6 is 0 Å². The Morgan fingerprint density at radius 2 is 2.25 bits per heavy atom. The molecule has 0 aromatic rings. The van der Waals surface area contributed by atoms with Gasteiger partial charge >= 0.3 is 0 Å². The van der Waals surface area contributed by atoms with Gasteiger partial charge in [-0.05, 0) is 25.7 Å². The van der Waals surface area contributed by atoms with Crippen LogP contribution < -0.4 is 5.32 Å². The van der Waals surface area contributed by atoms with E-state index in [0.29, 0.717) is 25.6 Å². The summed E-state index contributed by atoms with van der Waals surface area (Å²) in [6, 6.07) is 0.427. The highest BCUT2D eigenvalue weighted by Gasteiger charge is 2.39. The van der Waals surface area contributed by atoms with Gasteiger partial charge in [0.1, 0.15) is 0 Å². The zero-order chi connectivity index (χ0) is 11.5. The van der Waals surface area contributed by atoms with Gasteiger partial charge in [0.15, 0.2) is 0 Å². The molecule has 1 aliphatic carbocycles. The summed E-state index contributed by atoms with van der Waals surface area (Å²) in [5.74, 6) is 0.109. The Bertz CT molecular complexity index is 287. The Kier molecular flexibility index (Phi) is 3.46. The molecule has 4 heteroatoms. The number of rotatable bonds is 4. The summed E-state index contributed by atoms with van der Waals surface area (Å²) in [5, 5.41) is 2.87. The number of likely N-dealkylation sites (tertiary alicyclic amines) is 1. The van der Waals surface area contributed by atoms with Gasteiger partial charge in [0.05, 0.1) is 5.92 Å². The number of hydrogen-bond donors (Lipinski definition) is 1. The summed E-state index contributed by atoms with van der Waals surface area (Å²) in [6.45, 7) is 3.38. The fraction of sp³-hybridized carbons (Fsp3) is 0.833. The molecule has 0 radical (unpaired) electrons. The third kappa shape index (κ3) is 2.20. The molecule has 1 saturated heterocycles. The highest BCUT2D eigenvalue weighted by molar-refractivity contribution is 5.89. The molecule has 0 spiro atoms. The predicted octanol–water partition coefficient (Wildman–Crippen LogP) is 0.914. The Balaban J connectivity index is 1.85. The lowest BCUT2D eigenvalue weighted by Gasteiger charge is -2.34. The zero-order valence-corrected chi connectivity index (χ0v) is 9.87. The van der Waals surface area contributed by atoms with Crippen molar-refractivity contribution in [2.24, 2.45) is 5.92 Å². The number of nitrogens with one attached hydrogen (secondary N) is 1. The maximum Gasteiger partial charge on any atom is 0.225 e. The van der Waals surface area contributed by atoms with Gasteiger partial charge in [0.25, 0.3) is 0 Å². The smallest absolute Gasteiger partial charge is 0.225 e. The second-order valence-electron chi connectivity index (χ2n) is 4.82. The molecule has 90 valence electrons. The summed E-state index contributed by atoms with van der Waals surface area (Å²) >= 11 is 0. The molecule has 1 saturated carbocycles. The quantitative estimate of drug-likeness (QED) is 0.771. The maximum atomic E-state index is 11.7. The van der Waals surface area contributed by atoms with Crippen LogP contribution in [0.3, 0.4) is 0 Å². The van der Waals surface area contributed by atoms with Crippen molar-refractivity contribution in [1.29, 1.82) is 0 Å². The van der Waals surface area contributed by atoms with E-state index in [2.05, 4.69) is 5.32 Å². The van der Waals surface area contributed by atoms with Crippen molar-refractivity contribution in [3.63, 3.8) is 0 Å². The molecule has 1 N–H and O–H groups in total. The first-order valence-corrected chi connectivity index (χ1v) is 6.29. The average Bonchev–Trinajstić information content (AvgIpc) is 2.55. The Morgan fingerprint density at radius 3 is 2.81 bits per heavy atom. The number of nitrogens with zero attached hydrogens (tertiary/aromatic N) is 1. The van der Waals surface area contributed by atoms with Crippen LogP contribution in [0, 0.1) is 5.92 Å². The highest BCUT2D eigenvalue weighted by atomic mass is 16.2. The van der Waals surface area contributed by atoms with Gasteiger partial charge in [0.2, 0.25) is 11.8 Å². The van der Waals surface area contributed by atoms with Crippen molar-refractivity contribution in [2.75, 3.05) is 13.1 Å². The molecule has 1 aliphatic heterocycles. The lowest BCUT2D eigenvalue weighted by molar-refractivity contribution is -0.131. The monoisotopic (exact) mass is 224 g/mol. The van der Waals surface area contributed by atoms with E-state index in [4.69, 9.17) is 0 Å². The van der Waals surface area contributed by atoms with Gasteiger partial charge in [-0.1, -0.05) is 6.92 Å². The minimum absolute atomic E-state index is 0.0528. The molecule has 2 aliphatic rings. The minimum Gasteiger partial charge on any atom is -0.356 e. The highest BCUT2D eigenvalue weighted by Crippen LogP contribution is 2.30. The molecule has 2 fully saturated rings. The summed E-state index contributed by atoms with van der Waals surface area (Å²) in [6.07, 6.45) is 4.82. The summed E-state index contributed by atoms with van der Waals surface area (Å²) in [4.78, 5) is 25.4. The van der Waals surface area contributed by atoms with Crippen LogP contribution in [-0.2, 0) is 9.59 Å². The van der Waals surface area contributed by atoms with Crippen LogP contribution in [0.5, 0.6) is 0 Å². The fourth-order valence-electron chi connectivity index (χ4n) is 2.35. The first-order valence-electron chi connectivity index (χ1n) is 6.29. The number of hydrogen-bond acceptors (Lipinski definition) is 2. The van der Waals surface area contributed by atoms with E-state index in [0.717, 1.165) is 19.3 Å². The van der Waals surface area contributed by atoms with Crippen molar-refractivity contribution in [1.82, 2.24) is 10.2 Å².